The summed E-state index contributed by atoms with van der Waals surface area (Å²) >= 11 is 1.66. The summed E-state index contributed by atoms with van der Waals surface area (Å²) in [5.74, 6) is 0.783. The third kappa shape index (κ3) is 3.55. The molecule has 0 atom stereocenters. The fourth-order valence-electron chi connectivity index (χ4n) is 2.20. The molecule has 0 spiro atoms. The molecule has 0 unspecified atom stereocenters. The number of carbonyl (C=O) groups is 1. The summed E-state index contributed by atoms with van der Waals surface area (Å²) in [6, 6.07) is 9.81. The summed E-state index contributed by atoms with van der Waals surface area (Å²) in [5.41, 5.74) is 1.98. The highest BCUT2D eigenvalue weighted by molar-refractivity contribution is 7.07. The molecule has 0 aliphatic heterocycles. The van der Waals surface area contributed by atoms with E-state index in [4.69, 9.17) is 4.74 Å². The first-order chi connectivity index (χ1) is 10.3. The molecular weight excluding hydrogens is 284 g/mol. The van der Waals surface area contributed by atoms with Gasteiger partial charge in [-0.1, -0.05) is 0 Å². The van der Waals surface area contributed by atoms with Crippen LogP contribution >= 0.6 is 11.3 Å². The Balaban J connectivity index is 1.66. The molecule has 3 rings (SSSR count). The number of benzene rings is 1. The van der Waals surface area contributed by atoms with Crippen LogP contribution in [0.4, 0.5) is 10.5 Å². The lowest BCUT2D eigenvalue weighted by Gasteiger charge is -2.22. The molecule has 1 N–H and O–H groups in total. The SMILES string of the molecule is COc1ccc(NC(=O)N(Cc2ccsc2)C2CC2)cc1. The second-order valence-electron chi connectivity index (χ2n) is 5.15. The Hall–Kier alpha value is -2.01. The van der Waals surface area contributed by atoms with Gasteiger partial charge in [-0.15, -0.1) is 0 Å². The molecule has 0 saturated heterocycles. The van der Waals surface area contributed by atoms with E-state index in [1.165, 1.54) is 5.56 Å². The van der Waals surface area contributed by atoms with Crippen LogP contribution in [0.3, 0.4) is 0 Å². The molecule has 2 aromatic rings. The maximum absolute atomic E-state index is 12.5. The quantitative estimate of drug-likeness (QED) is 0.908. The van der Waals surface area contributed by atoms with Crippen LogP contribution in [0.15, 0.2) is 41.1 Å². The predicted molar refractivity (Wildman–Crippen MR) is 84.9 cm³/mol. The van der Waals surface area contributed by atoms with Crippen molar-refractivity contribution >= 4 is 23.1 Å². The van der Waals surface area contributed by atoms with Crippen molar-refractivity contribution < 1.29 is 9.53 Å². The molecule has 1 aliphatic rings. The predicted octanol–water partition coefficient (Wildman–Crippen LogP) is 3.95. The molecule has 4 nitrogen and oxygen atoms in total. The summed E-state index contributed by atoms with van der Waals surface area (Å²) in [6.45, 7) is 0.677. The van der Waals surface area contributed by atoms with E-state index in [2.05, 4.69) is 16.8 Å². The average Bonchev–Trinajstić information content (AvgIpc) is 3.21. The molecule has 1 aromatic heterocycles. The number of methoxy groups -OCH3 is 1. The van der Waals surface area contributed by atoms with E-state index in [1.807, 2.05) is 34.5 Å². The number of nitrogens with zero attached hydrogens (tertiary/aromatic N) is 1. The van der Waals surface area contributed by atoms with Crippen molar-refractivity contribution in [2.45, 2.75) is 25.4 Å². The third-order valence-electron chi connectivity index (χ3n) is 3.52. The van der Waals surface area contributed by atoms with Crippen molar-refractivity contribution in [3.05, 3.63) is 46.7 Å². The van der Waals surface area contributed by atoms with Crippen molar-refractivity contribution in [3.8, 4) is 5.75 Å². The van der Waals surface area contributed by atoms with Crippen LogP contribution in [0.25, 0.3) is 0 Å². The first kappa shape index (κ1) is 13.9. The molecule has 1 saturated carbocycles. The highest BCUT2D eigenvalue weighted by Crippen LogP contribution is 2.29. The van der Waals surface area contributed by atoms with E-state index in [1.54, 1.807) is 18.4 Å². The van der Waals surface area contributed by atoms with E-state index >= 15 is 0 Å². The van der Waals surface area contributed by atoms with Crippen molar-refractivity contribution in [2.24, 2.45) is 0 Å². The minimum Gasteiger partial charge on any atom is -0.497 e. The zero-order valence-electron chi connectivity index (χ0n) is 11.9. The lowest BCUT2D eigenvalue weighted by Crippen LogP contribution is -2.36. The number of thiophene rings is 1. The first-order valence-corrected chi connectivity index (χ1v) is 7.93. The van der Waals surface area contributed by atoms with Crippen LogP contribution in [0.1, 0.15) is 18.4 Å². The third-order valence-corrected chi connectivity index (χ3v) is 4.25. The Kier molecular flexibility index (Phi) is 4.10. The number of hydrogen-bond donors (Lipinski definition) is 1. The van der Waals surface area contributed by atoms with Crippen molar-refractivity contribution in [1.29, 1.82) is 0 Å². The van der Waals surface area contributed by atoms with Gasteiger partial charge in [-0.2, -0.15) is 11.3 Å². The molecule has 1 aliphatic carbocycles. The Morgan fingerprint density at radius 1 is 1.33 bits per heavy atom. The maximum Gasteiger partial charge on any atom is 0.322 e. The molecule has 2 amide bonds. The smallest absolute Gasteiger partial charge is 0.322 e. The number of anilines is 1. The van der Waals surface area contributed by atoms with E-state index < -0.39 is 0 Å². The molecule has 21 heavy (non-hydrogen) atoms. The molecule has 1 fully saturated rings. The summed E-state index contributed by atoms with van der Waals surface area (Å²) < 4.78 is 5.12. The van der Waals surface area contributed by atoms with Crippen LogP contribution in [-0.2, 0) is 6.54 Å². The molecule has 110 valence electrons. The Morgan fingerprint density at radius 2 is 2.10 bits per heavy atom. The lowest BCUT2D eigenvalue weighted by molar-refractivity contribution is 0.206. The molecule has 0 radical (unpaired) electrons. The fourth-order valence-corrected chi connectivity index (χ4v) is 2.86. The van der Waals surface area contributed by atoms with Gasteiger partial charge in [-0.25, -0.2) is 4.79 Å². The summed E-state index contributed by atoms with van der Waals surface area (Å²) in [6.07, 6.45) is 2.19. The standard InChI is InChI=1S/C16H18N2O2S/c1-20-15-6-2-13(3-7-15)17-16(19)18(14-4-5-14)10-12-8-9-21-11-12/h2-3,6-9,11,14H,4-5,10H2,1H3,(H,17,19). The van der Waals surface area contributed by atoms with Gasteiger partial charge in [0.15, 0.2) is 0 Å². The van der Waals surface area contributed by atoms with Crippen LogP contribution in [-0.4, -0.2) is 24.1 Å². The number of ether oxygens (including phenoxy) is 1. The number of carbonyl (C=O) groups excluding carboxylic acids is 1. The number of rotatable bonds is 5. The minimum absolute atomic E-state index is 0.0335. The monoisotopic (exact) mass is 302 g/mol. The van der Waals surface area contributed by atoms with Crippen LogP contribution < -0.4 is 10.1 Å². The van der Waals surface area contributed by atoms with Crippen LogP contribution in [0.5, 0.6) is 5.75 Å². The number of amides is 2. The van der Waals surface area contributed by atoms with Crippen molar-refractivity contribution in [1.82, 2.24) is 4.90 Å². The number of hydrogen-bond acceptors (Lipinski definition) is 3. The molecule has 1 aromatic carbocycles. The molecule has 1 heterocycles. The highest BCUT2D eigenvalue weighted by Gasteiger charge is 2.32. The summed E-state index contributed by atoms with van der Waals surface area (Å²) in [7, 11) is 1.63. The first-order valence-electron chi connectivity index (χ1n) is 6.99. The maximum atomic E-state index is 12.5. The Morgan fingerprint density at radius 3 is 2.67 bits per heavy atom. The van der Waals surface area contributed by atoms with Gasteiger partial charge < -0.3 is 15.0 Å². The van der Waals surface area contributed by atoms with Gasteiger partial charge in [0.2, 0.25) is 0 Å². The van der Waals surface area contributed by atoms with Gasteiger partial charge >= 0.3 is 6.03 Å². The van der Waals surface area contributed by atoms with Crippen LogP contribution in [0.2, 0.25) is 0 Å². The van der Waals surface area contributed by atoms with E-state index in [-0.39, 0.29) is 6.03 Å². The Bertz CT molecular complexity index is 591. The second-order valence-corrected chi connectivity index (χ2v) is 5.93. The van der Waals surface area contributed by atoms with E-state index in [0.29, 0.717) is 12.6 Å². The number of nitrogens with one attached hydrogen (secondary N) is 1. The number of urea groups is 1. The minimum atomic E-state index is -0.0335. The normalized spacial score (nSPS) is 13.8. The van der Waals surface area contributed by atoms with Gasteiger partial charge in [0, 0.05) is 18.3 Å². The average molecular weight is 302 g/mol. The van der Waals surface area contributed by atoms with Gasteiger partial charge in [0.25, 0.3) is 0 Å². The molecular formula is C16H18N2O2S. The topological polar surface area (TPSA) is 41.6 Å². The highest BCUT2D eigenvalue weighted by atomic mass is 32.1. The van der Waals surface area contributed by atoms with Gasteiger partial charge in [-0.3, -0.25) is 0 Å². The van der Waals surface area contributed by atoms with Crippen molar-refractivity contribution in [3.63, 3.8) is 0 Å². The van der Waals surface area contributed by atoms with Crippen molar-refractivity contribution in [2.75, 3.05) is 12.4 Å². The van der Waals surface area contributed by atoms with Gasteiger partial charge in [-0.05, 0) is 59.5 Å². The molecule has 0 bridgehead atoms. The zero-order chi connectivity index (χ0) is 14.7. The van der Waals surface area contributed by atoms with E-state index in [9.17, 15) is 4.79 Å². The summed E-state index contributed by atoms with van der Waals surface area (Å²) in [5, 5.41) is 7.10. The second kappa shape index (κ2) is 6.18. The molecule has 5 heteroatoms. The van der Waals surface area contributed by atoms with Gasteiger partial charge in [0.05, 0.1) is 7.11 Å². The van der Waals surface area contributed by atoms with Crippen LogP contribution in [0, 0.1) is 0 Å². The largest absolute Gasteiger partial charge is 0.497 e. The lowest BCUT2D eigenvalue weighted by atomic mass is 10.3. The summed E-state index contributed by atoms with van der Waals surface area (Å²) in [4.78, 5) is 14.4. The fraction of sp³-hybridized carbons (Fsp3) is 0.312. The Labute approximate surface area is 128 Å². The zero-order valence-corrected chi connectivity index (χ0v) is 12.7. The van der Waals surface area contributed by atoms with E-state index in [0.717, 1.165) is 24.3 Å². The van der Waals surface area contributed by atoms with Gasteiger partial charge in [0.1, 0.15) is 5.75 Å².